The molecule has 5 nitrogen and oxygen atoms in total. The summed E-state index contributed by atoms with van der Waals surface area (Å²) in [5, 5.41) is 7.65. The Morgan fingerprint density at radius 1 is 1.00 bits per heavy atom. The van der Waals surface area contributed by atoms with E-state index in [4.69, 9.17) is 0 Å². The van der Waals surface area contributed by atoms with E-state index in [1.54, 1.807) is 18.3 Å². The number of fused-ring (bicyclic) bond motifs is 1. The van der Waals surface area contributed by atoms with E-state index in [9.17, 15) is 8.78 Å². The van der Waals surface area contributed by atoms with Gasteiger partial charge in [0.25, 0.3) is 0 Å². The lowest BCUT2D eigenvalue weighted by atomic mass is 10.0. The molecule has 0 spiro atoms. The summed E-state index contributed by atoms with van der Waals surface area (Å²) in [4.78, 5) is 12.3. The zero-order chi connectivity index (χ0) is 20.5. The van der Waals surface area contributed by atoms with Gasteiger partial charge in [0.1, 0.15) is 17.5 Å². The van der Waals surface area contributed by atoms with Crippen molar-refractivity contribution in [3.05, 3.63) is 66.5 Å². The van der Waals surface area contributed by atoms with Crippen molar-refractivity contribution in [2.24, 2.45) is 0 Å². The van der Waals surface area contributed by atoms with Crippen LogP contribution in [0.15, 0.2) is 54.9 Å². The van der Waals surface area contributed by atoms with Gasteiger partial charge in [-0.25, -0.2) is 18.7 Å². The second kappa shape index (κ2) is 7.84. The topological polar surface area (TPSA) is 65.6 Å². The predicted octanol–water partition coefficient (Wildman–Crippen LogP) is 4.73. The highest BCUT2D eigenvalue weighted by molar-refractivity contribution is 5.96. The minimum absolute atomic E-state index is 0.0335. The summed E-state index contributed by atoms with van der Waals surface area (Å²) >= 11 is 0. The Labute approximate surface area is 172 Å². The molecule has 0 radical (unpaired) electrons. The number of anilines is 1. The number of aromatic nitrogens is 3. The number of H-pyrrole nitrogens is 1. The van der Waals surface area contributed by atoms with Crippen molar-refractivity contribution in [2.75, 3.05) is 18.4 Å². The number of halogens is 2. The van der Waals surface area contributed by atoms with Crippen LogP contribution >= 0.6 is 0 Å². The first-order valence-electron chi connectivity index (χ1n) is 10.1. The number of aromatic amines is 1. The van der Waals surface area contributed by atoms with E-state index in [1.807, 2.05) is 18.3 Å². The zero-order valence-corrected chi connectivity index (χ0v) is 16.3. The Bertz CT molecular complexity index is 1180. The quantitative estimate of drug-likeness (QED) is 0.459. The number of rotatable bonds is 4. The maximum Gasteiger partial charge on any atom is 0.163 e. The lowest BCUT2D eigenvalue weighted by Crippen LogP contribution is -2.35. The van der Waals surface area contributed by atoms with Gasteiger partial charge in [-0.1, -0.05) is 12.1 Å². The molecule has 0 aliphatic carbocycles. The second-order valence-corrected chi connectivity index (χ2v) is 7.49. The summed E-state index contributed by atoms with van der Waals surface area (Å²) in [5.41, 5.74) is 2.08. The summed E-state index contributed by atoms with van der Waals surface area (Å²) in [5.74, 6) is 0.163. The van der Waals surface area contributed by atoms with Crippen molar-refractivity contribution < 1.29 is 8.78 Å². The molecule has 2 aromatic carbocycles. The third kappa shape index (κ3) is 3.52. The van der Waals surface area contributed by atoms with Gasteiger partial charge < -0.3 is 15.6 Å². The molecule has 1 fully saturated rings. The van der Waals surface area contributed by atoms with Crippen LogP contribution in [0.4, 0.5) is 14.6 Å². The van der Waals surface area contributed by atoms with Crippen LogP contribution in [0.5, 0.6) is 0 Å². The fourth-order valence-electron chi connectivity index (χ4n) is 3.98. The number of nitrogens with zero attached hydrogens (tertiary/aromatic N) is 2. The minimum Gasteiger partial charge on any atom is -0.367 e. The first-order chi connectivity index (χ1) is 14.7. The third-order valence-electron chi connectivity index (χ3n) is 5.52. The Balaban J connectivity index is 1.53. The highest BCUT2D eigenvalue weighted by Crippen LogP contribution is 2.33. The Morgan fingerprint density at radius 3 is 2.60 bits per heavy atom. The largest absolute Gasteiger partial charge is 0.367 e. The average molecular weight is 405 g/mol. The normalized spacial score (nSPS) is 14.9. The van der Waals surface area contributed by atoms with Crippen LogP contribution in [-0.2, 0) is 0 Å². The van der Waals surface area contributed by atoms with E-state index in [0.717, 1.165) is 48.2 Å². The summed E-state index contributed by atoms with van der Waals surface area (Å²) in [6.07, 6.45) is 5.65. The van der Waals surface area contributed by atoms with E-state index in [2.05, 4.69) is 25.6 Å². The van der Waals surface area contributed by atoms with Crippen LogP contribution in [0.2, 0.25) is 0 Å². The van der Waals surface area contributed by atoms with E-state index in [1.165, 1.54) is 18.2 Å². The van der Waals surface area contributed by atoms with E-state index >= 15 is 0 Å². The lowest BCUT2D eigenvalue weighted by molar-refractivity contribution is 0.478. The monoisotopic (exact) mass is 405 g/mol. The standard InChI is InChI=1S/C23H21F2N5/c24-18-2-1-3-19(25)22(18)14-4-5-20-16(12-14)17(13-28-20)23-27-11-8-21(30-23)29-15-6-9-26-10-7-15/h1-5,8,11-13,15,26,28H,6-7,9-10H2,(H,27,29,30). The summed E-state index contributed by atoms with van der Waals surface area (Å²) in [6, 6.07) is 11.4. The van der Waals surface area contributed by atoms with Crippen molar-refractivity contribution in [1.82, 2.24) is 20.3 Å². The molecule has 5 rings (SSSR count). The molecule has 7 heteroatoms. The number of benzene rings is 2. The van der Waals surface area contributed by atoms with Crippen molar-refractivity contribution in [3.8, 4) is 22.5 Å². The average Bonchev–Trinajstić information content (AvgIpc) is 3.18. The first kappa shape index (κ1) is 18.7. The maximum absolute atomic E-state index is 14.3. The number of piperidine rings is 1. The van der Waals surface area contributed by atoms with E-state index in [0.29, 0.717) is 17.4 Å². The van der Waals surface area contributed by atoms with Crippen molar-refractivity contribution in [3.63, 3.8) is 0 Å². The highest BCUT2D eigenvalue weighted by Gasteiger charge is 2.16. The molecule has 0 amide bonds. The van der Waals surface area contributed by atoms with Gasteiger partial charge in [-0.15, -0.1) is 0 Å². The molecule has 0 unspecified atom stereocenters. The molecule has 3 heterocycles. The molecule has 0 bridgehead atoms. The van der Waals surface area contributed by atoms with Gasteiger partial charge in [0.2, 0.25) is 0 Å². The van der Waals surface area contributed by atoms with Gasteiger partial charge in [-0.3, -0.25) is 0 Å². The van der Waals surface area contributed by atoms with Crippen molar-refractivity contribution in [1.29, 1.82) is 0 Å². The number of nitrogens with one attached hydrogen (secondary N) is 3. The fraction of sp³-hybridized carbons (Fsp3) is 0.217. The Hall–Kier alpha value is -3.32. The van der Waals surface area contributed by atoms with Crippen LogP contribution in [0.25, 0.3) is 33.4 Å². The van der Waals surface area contributed by atoms with Crippen LogP contribution in [-0.4, -0.2) is 34.1 Å². The molecular weight excluding hydrogens is 384 g/mol. The molecule has 1 saturated heterocycles. The maximum atomic E-state index is 14.3. The third-order valence-corrected chi connectivity index (χ3v) is 5.52. The van der Waals surface area contributed by atoms with Gasteiger partial charge in [0.05, 0.1) is 5.56 Å². The molecule has 1 aliphatic heterocycles. The summed E-state index contributed by atoms with van der Waals surface area (Å²) in [7, 11) is 0. The lowest BCUT2D eigenvalue weighted by Gasteiger charge is -2.24. The van der Waals surface area contributed by atoms with E-state index < -0.39 is 11.6 Å². The van der Waals surface area contributed by atoms with Gasteiger partial charge in [-0.05, 0) is 61.8 Å². The molecule has 2 aromatic heterocycles. The van der Waals surface area contributed by atoms with Crippen molar-refractivity contribution >= 4 is 16.7 Å². The summed E-state index contributed by atoms with van der Waals surface area (Å²) in [6.45, 7) is 1.99. The molecular formula is C23H21F2N5. The van der Waals surface area contributed by atoms with Crippen molar-refractivity contribution in [2.45, 2.75) is 18.9 Å². The molecule has 4 aromatic rings. The molecule has 1 aliphatic rings. The molecule has 152 valence electrons. The van der Waals surface area contributed by atoms with Gasteiger partial charge in [0.15, 0.2) is 5.82 Å². The van der Waals surface area contributed by atoms with Gasteiger partial charge in [-0.2, -0.15) is 0 Å². The molecule has 0 atom stereocenters. The highest BCUT2D eigenvalue weighted by atomic mass is 19.1. The Kier molecular flexibility index (Phi) is 4.88. The first-order valence-corrected chi connectivity index (χ1v) is 10.1. The minimum atomic E-state index is -0.587. The zero-order valence-electron chi connectivity index (χ0n) is 16.3. The molecule has 30 heavy (non-hydrogen) atoms. The van der Waals surface area contributed by atoms with Crippen LogP contribution < -0.4 is 10.6 Å². The van der Waals surface area contributed by atoms with Crippen LogP contribution in [0, 0.1) is 11.6 Å². The van der Waals surface area contributed by atoms with Gasteiger partial charge >= 0.3 is 0 Å². The van der Waals surface area contributed by atoms with Crippen LogP contribution in [0.3, 0.4) is 0 Å². The summed E-state index contributed by atoms with van der Waals surface area (Å²) < 4.78 is 28.6. The fourth-order valence-corrected chi connectivity index (χ4v) is 3.98. The molecule has 3 N–H and O–H groups in total. The predicted molar refractivity (Wildman–Crippen MR) is 114 cm³/mol. The SMILES string of the molecule is Fc1cccc(F)c1-c1ccc2[nH]cc(-c3nccc(NC4CCNCC4)n3)c2c1. The number of hydrogen-bond donors (Lipinski definition) is 3. The van der Waals surface area contributed by atoms with E-state index in [-0.39, 0.29) is 5.56 Å². The van der Waals surface area contributed by atoms with Crippen LogP contribution in [0.1, 0.15) is 12.8 Å². The van der Waals surface area contributed by atoms with Gasteiger partial charge in [0, 0.05) is 34.9 Å². The molecule has 0 saturated carbocycles. The number of hydrogen-bond acceptors (Lipinski definition) is 4. The smallest absolute Gasteiger partial charge is 0.163 e. The Morgan fingerprint density at radius 2 is 1.80 bits per heavy atom. The second-order valence-electron chi connectivity index (χ2n) is 7.49.